The van der Waals surface area contributed by atoms with Crippen LogP contribution in [-0.2, 0) is 0 Å². The molecule has 628 valence electrons. The van der Waals surface area contributed by atoms with Crippen LogP contribution < -0.4 is 29.4 Å². The number of fused-ring (bicyclic) bond motifs is 17. The van der Waals surface area contributed by atoms with E-state index in [2.05, 4.69) is 515 Å². The van der Waals surface area contributed by atoms with Crippen molar-refractivity contribution < 1.29 is 0 Å². The first-order valence-electron chi connectivity index (χ1n) is 44.8. The monoisotopic (exact) mass is 1790 g/mol. The molecule has 0 spiro atoms. The van der Waals surface area contributed by atoms with Gasteiger partial charge in [0.2, 0.25) is 0 Å². The van der Waals surface area contributed by atoms with Gasteiger partial charge in [-0.15, -0.1) is 56.7 Å². The Balaban J connectivity index is 0.000000146. The van der Waals surface area contributed by atoms with E-state index in [0.717, 1.165) is 102 Å². The highest BCUT2D eigenvalue weighted by Gasteiger charge is 2.26. The number of rotatable bonds is 18. The second kappa shape index (κ2) is 33.8. The molecule has 5 aromatic heterocycles. The van der Waals surface area contributed by atoms with Gasteiger partial charge >= 0.3 is 0 Å². The van der Waals surface area contributed by atoms with Crippen molar-refractivity contribution >= 4 is 281 Å². The Kier molecular flexibility index (Phi) is 20.2. The number of hydrogen-bond acceptors (Lipinski definition) is 11. The fraction of sp³-hybridized carbons (Fsp3) is 0. The smallest absolute Gasteiger partial charge is 0.0540 e. The number of para-hydroxylation sites is 7. The molecule has 0 aliphatic rings. The minimum atomic E-state index is 1.12. The van der Waals surface area contributed by atoms with Crippen LogP contribution in [0.25, 0.3) is 122 Å². The summed E-state index contributed by atoms with van der Waals surface area (Å²) in [5.41, 5.74) is 20.5. The summed E-state index contributed by atoms with van der Waals surface area (Å²) >= 11 is 9.31. The molecule has 26 aromatic rings. The number of hydrogen-bond donors (Lipinski definition) is 0. The molecule has 26 rings (SSSR count). The predicted molar refractivity (Wildman–Crippen MR) is 580 cm³/mol. The van der Waals surface area contributed by atoms with E-state index in [0.29, 0.717) is 0 Å². The molecule has 0 N–H and O–H groups in total. The molecule has 0 aliphatic carbocycles. The average Bonchev–Trinajstić information content (AvgIpc) is 1.69. The Labute approximate surface area is 789 Å². The van der Waals surface area contributed by atoms with Crippen LogP contribution in [0.4, 0.5) is 102 Å². The molecular formula is C122H80N6S5. The second-order valence-electron chi connectivity index (χ2n) is 33.5. The minimum Gasteiger partial charge on any atom is -0.310 e. The van der Waals surface area contributed by atoms with Crippen molar-refractivity contribution in [3.63, 3.8) is 0 Å². The zero-order chi connectivity index (χ0) is 87.8. The molecule has 0 saturated carbocycles. The van der Waals surface area contributed by atoms with Crippen molar-refractivity contribution in [1.82, 2.24) is 0 Å². The molecule has 0 radical (unpaired) electrons. The number of benzene rings is 21. The van der Waals surface area contributed by atoms with Gasteiger partial charge in [-0.1, -0.05) is 273 Å². The van der Waals surface area contributed by atoms with E-state index in [9.17, 15) is 0 Å². The van der Waals surface area contributed by atoms with Crippen LogP contribution in [0.3, 0.4) is 0 Å². The third kappa shape index (κ3) is 14.6. The summed E-state index contributed by atoms with van der Waals surface area (Å²) in [6.07, 6.45) is 0. The molecule has 5 heterocycles. The van der Waals surface area contributed by atoms with Crippen molar-refractivity contribution in [2.45, 2.75) is 0 Å². The Morgan fingerprint density at radius 2 is 0.271 bits per heavy atom. The lowest BCUT2D eigenvalue weighted by molar-refractivity contribution is 1.29. The lowest BCUT2D eigenvalue weighted by Gasteiger charge is -2.27. The first-order valence-corrected chi connectivity index (χ1v) is 48.9. The van der Waals surface area contributed by atoms with Gasteiger partial charge in [0.1, 0.15) is 0 Å². The zero-order valence-corrected chi connectivity index (χ0v) is 76.0. The van der Waals surface area contributed by atoms with Gasteiger partial charge in [-0.25, -0.2) is 0 Å². The molecular weight excluding hydrogens is 1710 g/mol. The van der Waals surface area contributed by atoms with Gasteiger partial charge in [-0.05, 0) is 223 Å². The summed E-state index contributed by atoms with van der Waals surface area (Å²) in [4.78, 5) is 14.3. The van der Waals surface area contributed by atoms with E-state index in [-0.39, 0.29) is 0 Å². The van der Waals surface area contributed by atoms with Crippen molar-refractivity contribution in [3.8, 4) is 0 Å². The summed E-state index contributed by atoms with van der Waals surface area (Å²) in [6, 6.07) is 177. The van der Waals surface area contributed by atoms with Gasteiger partial charge in [0.15, 0.2) is 0 Å². The van der Waals surface area contributed by atoms with E-state index in [1.165, 1.54) is 122 Å². The van der Waals surface area contributed by atoms with E-state index in [1.54, 1.807) is 0 Å². The van der Waals surface area contributed by atoms with Crippen LogP contribution in [0.2, 0.25) is 0 Å². The van der Waals surface area contributed by atoms with Gasteiger partial charge in [0, 0.05) is 203 Å². The lowest BCUT2D eigenvalue weighted by atomic mass is 10.1. The van der Waals surface area contributed by atoms with Crippen molar-refractivity contribution in [2.75, 3.05) is 29.4 Å². The lowest BCUT2D eigenvalue weighted by Crippen LogP contribution is -2.10. The average molecular weight is 1790 g/mol. The summed E-state index contributed by atoms with van der Waals surface area (Å²) in [7, 11) is 0. The highest BCUT2D eigenvalue weighted by molar-refractivity contribution is 7.27. The van der Waals surface area contributed by atoms with Gasteiger partial charge in [-0.3, -0.25) is 0 Å². The van der Waals surface area contributed by atoms with Crippen LogP contribution in [0.1, 0.15) is 0 Å². The van der Waals surface area contributed by atoms with Crippen LogP contribution in [0, 0.1) is 0 Å². The topological polar surface area (TPSA) is 19.4 Å². The molecule has 11 heteroatoms. The van der Waals surface area contributed by atoms with Crippen LogP contribution >= 0.6 is 56.7 Å². The quantitative estimate of drug-likeness (QED) is 0.0847. The molecule has 21 aromatic carbocycles. The van der Waals surface area contributed by atoms with E-state index in [1.807, 2.05) is 56.7 Å². The van der Waals surface area contributed by atoms with Crippen LogP contribution in [0.15, 0.2) is 485 Å². The second-order valence-corrected chi connectivity index (χ2v) is 38.9. The van der Waals surface area contributed by atoms with E-state index >= 15 is 0 Å². The summed E-state index contributed by atoms with van der Waals surface area (Å²) in [5.74, 6) is 0. The summed E-state index contributed by atoms with van der Waals surface area (Å²) in [6.45, 7) is 0. The molecule has 6 nitrogen and oxygen atoms in total. The molecule has 133 heavy (non-hydrogen) atoms. The van der Waals surface area contributed by atoms with Crippen LogP contribution in [-0.4, -0.2) is 0 Å². The maximum Gasteiger partial charge on any atom is 0.0540 e. The number of thiophene rings is 5. The maximum atomic E-state index is 2.45. The maximum absolute atomic E-state index is 2.45. The number of anilines is 18. The minimum absolute atomic E-state index is 1.12. The van der Waals surface area contributed by atoms with Crippen LogP contribution in [0.5, 0.6) is 0 Å². The third-order valence-electron chi connectivity index (χ3n) is 25.6. The predicted octanol–water partition coefficient (Wildman–Crippen LogP) is 38.3. The molecule has 0 aliphatic heterocycles. The van der Waals surface area contributed by atoms with Gasteiger partial charge in [0.25, 0.3) is 0 Å². The van der Waals surface area contributed by atoms with E-state index in [4.69, 9.17) is 0 Å². The first-order chi connectivity index (χ1) is 65.9. The SMILES string of the molecule is c1ccc(N(c2ccc3c(c2)sc2cc(N(c4ccccc4)c4cccc5ccccc45)ccc23)c2ccc3c(c2)sc2cc(N(c4ccc5c(c4)sc4ccccc45)c4cccc5ccccc45)ccc23)cc1.c1ccc(N(c2ccccc2)c2ccc3c(c2)sc2cc(N(c4ccccc4)c4ccc5c(c4)sc4cc(N(c6ccccc6)c6ccccc6)ccc45)ccc23)cc1. The molecule has 0 amide bonds. The highest BCUT2D eigenvalue weighted by atomic mass is 32.1. The fourth-order valence-electron chi connectivity index (χ4n) is 19.5. The molecule has 0 saturated heterocycles. The normalized spacial score (nSPS) is 11.6. The van der Waals surface area contributed by atoms with Crippen molar-refractivity contribution in [3.05, 3.63) is 485 Å². The van der Waals surface area contributed by atoms with Gasteiger partial charge < -0.3 is 29.4 Å². The van der Waals surface area contributed by atoms with Crippen molar-refractivity contribution in [1.29, 1.82) is 0 Å². The largest absolute Gasteiger partial charge is 0.310 e. The summed E-state index contributed by atoms with van der Waals surface area (Å²) in [5, 5.41) is 17.7. The van der Waals surface area contributed by atoms with E-state index < -0.39 is 0 Å². The molecule has 0 unspecified atom stereocenters. The fourth-order valence-corrected chi connectivity index (χ4v) is 25.3. The van der Waals surface area contributed by atoms with Crippen molar-refractivity contribution in [2.24, 2.45) is 0 Å². The molecule has 0 bridgehead atoms. The Morgan fingerprint density at radius 3 is 0.519 bits per heavy atom. The Hall–Kier alpha value is -16.0. The van der Waals surface area contributed by atoms with Gasteiger partial charge in [0.05, 0.1) is 11.4 Å². The summed E-state index contributed by atoms with van der Waals surface area (Å²) < 4.78 is 12.7. The van der Waals surface area contributed by atoms with Gasteiger partial charge in [-0.2, -0.15) is 0 Å². The highest BCUT2D eigenvalue weighted by Crippen LogP contribution is 2.52. The first kappa shape index (κ1) is 79.2. The molecule has 0 fully saturated rings. The molecule has 0 atom stereocenters. The standard InChI is InChI=1S/C68H43N3S3.C54H37N3S2/c1-3-19-46(20-4-1)69(48-29-34-57-59-37-31-50(41-67(59)73-65(57)39-48)70(47-21-5-2-6-22-47)61-26-13-17-44-15-7-9-23-53(44)61)49-30-35-58-60-38-33-52(43-68(60)74-66(58)40-49)71(62-27-14-18-45-16-8-10-24-54(45)62)51-32-36-56-55-25-11-12-28-63(55)72-64(56)42-51;1-6-16-38(17-7-1)55(39-18-8-2-9-19-39)43-26-30-47-49-32-28-45(36-53(49)58-51(47)34-43)57(42-24-14-5-15-25-42)46-29-33-50-48-31-27-44(35-52(48)59-54(50)37-46)56(40-20-10-3-11-21-40)41-22-12-4-13-23-41/h1-43H;1-37H. The Morgan fingerprint density at radius 1 is 0.105 bits per heavy atom. The third-order valence-corrected chi connectivity index (χ3v) is 31.2. The zero-order valence-electron chi connectivity index (χ0n) is 71.9. The number of nitrogens with zero attached hydrogens (tertiary/aromatic N) is 6. The Bertz CT molecular complexity index is 8600.